The summed E-state index contributed by atoms with van der Waals surface area (Å²) in [6, 6.07) is 0. The van der Waals surface area contributed by atoms with Gasteiger partial charge in [0.2, 0.25) is 0 Å². The van der Waals surface area contributed by atoms with Crippen LogP contribution >= 0.6 is 7.82 Å². The Morgan fingerprint density at radius 3 is 1.80 bits per heavy atom. The fourth-order valence-corrected chi connectivity index (χ4v) is 1.06. The van der Waals surface area contributed by atoms with E-state index in [1.807, 2.05) is 0 Å². The molecule has 0 bridgehead atoms. The van der Waals surface area contributed by atoms with Crippen molar-refractivity contribution < 1.29 is 40.9 Å². The second-order valence-electron chi connectivity index (χ2n) is 1.28. The zero-order valence-electron chi connectivity index (χ0n) is 5.80. The van der Waals surface area contributed by atoms with Crippen molar-refractivity contribution in [1.82, 2.24) is 0 Å². The molecule has 0 heterocycles. The summed E-state index contributed by atoms with van der Waals surface area (Å²) in [5.74, 6) is 0. The first kappa shape index (κ1) is 13.4. The molecule has 0 aliphatic rings. The SMILES string of the molecule is CCOP(=O)([O-])OCC.[Ag+]. The fraction of sp³-hybridized carbons (Fsp3) is 1.00. The maximum atomic E-state index is 10.4. The number of hydrogen-bond acceptors (Lipinski definition) is 4. The van der Waals surface area contributed by atoms with Crippen LogP contribution in [0.25, 0.3) is 0 Å². The third-order valence-corrected chi connectivity index (χ3v) is 1.72. The van der Waals surface area contributed by atoms with Crippen molar-refractivity contribution in [3.63, 3.8) is 0 Å². The van der Waals surface area contributed by atoms with Gasteiger partial charge in [-0.05, 0) is 13.8 Å². The molecule has 0 spiro atoms. The van der Waals surface area contributed by atoms with Gasteiger partial charge in [0, 0.05) is 0 Å². The summed E-state index contributed by atoms with van der Waals surface area (Å²) in [5, 5.41) is 0. The van der Waals surface area contributed by atoms with Crippen LogP contribution in [-0.2, 0) is 36.0 Å². The van der Waals surface area contributed by atoms with E-state index >= 15 is 0 Å². The second-order valence-corrected chi connectivity index (χ2v) is 2.69. The van der Waals surface area contributed by atoms with Crippen LogP contribution in [0.2, 0.25) is 0 Å². The fourth-order valence-electron chi connectivity index (χ4n) is 0.353. The molecular weight excluding hydrogens is 251 g/mol. The first-order valence-corrected chi connectivity index (χ1v) is 4.18. The Morgan fingerprint density at radius 2 is 1.60 bits per heavy atom. The van der Waals surface area contributed by atoms with E-state index in [0.717, 1.165) is 0 Å². The summed E-state index contributed by atoms with van der Waals surface area (Å²) in [6.07, 6.45) is 0. The van der Waals surface area contributed by atoms with E-state index in [4.69, 9.17) is 0 Å². The number of rotatable bonds is 4. The summed E-state index contributed by atoms with van der Waals surface area (Å²) in [6.45, 7) is 3.43. The molecule has 4 nitrogen and oxygen atoms in total. The molecular formula is C4H10AgO4P. The number of phosphoric ester groups is 1. The monoisotopic (exact) mass is 260 g/mol. The molecule has 10 heavy (non-hydrogen) atoms. The van der Waals surface area contributed by atoms with Crippen LogP contribution in [-0.4, -0.2) is 13.2 Å². The van der Waals surface area contributed by atoms with Crippen LogP contribution in [0.4, 0.5) is 0 Å². The van der Waals surface area contributed by atoms with Gasteiger partial charge in [-0.25, -0.2) is 0 Å². The molecule has 0 atom stereocenters. The van der Waals surface area contributed by atoms with E-state index in [1.54, 1.807) is 13.8 Å². The van der Waals surface area contributed by atoms with Gasteiger partial charge in [-0.2, -0.15) is 0 Å². The van der Waals surface area contributed by atoms with Gasteiger partial charge in [0.15, 0.2) is 0 Å². The summed E-state index contributed by atoms with van der Waals surface area (Å²) in [7, 11) is -3.94. The quantitative estimate of drug-likeness (QED) is 0.547. The predicted molar refractivity (Wildman–Crippen MR) is 30.9 cm³/mol. The zero-order valence-corrected chi connectivity index (χ0v) is 8.17. The van der Waals surface area contributed by atoms with Gasteiger partial charge in [-0.3, -0.25) is 4.57 Å². The van der Waals surface area contributed by atoms with Crippen molar-refractivity contribution in [2.75, 3.05) is 13.2 Å². The smallest absolute Gasteiger partial charge is 0.756 e. The van der Waals surface area contributed by atoms with Gasteiger partial charge in [-0.15, -0.1) is 0 Å². The van der Waals surface area contributed by atoms with Crippen LogP contribution in [0.15, 0.2) is 0 Å². The molecule has 0 aromatic heterocycles. The average molecular weight is 261 g/mol. The minimum absolute atomic E-state index is 0. The normalized spacial score (nSPS) is 10.7. The first-order valence-electron chi connectivity index (χ1n) is 2.72. The van der Waals surface area contributed by atoms with Crippen molar-refractivity contribution in [2.24, 2.45) is 0 Å². The molecule has 0 aliphatic carbocycles. The van der Waals surface area contributed by atoms with E-state index in [9.17, 15) is 9.46 Å². The molecule has 0 amide bonds. The van der Waals surface area contributed by atoms with E-state index in [1.165, 1.54) is 0 Å². The van der Waals surface area contributed by atoms with Crippen molar-refractivity contribution in [2.45, 2.75) is 13.8 Å². The average Bonchev–Trinajstić information content (AvgIpc) is 1.64. The van der Waals surface area contributed by atoms with Crippen LogP contribution in [0.1, 0.15) is 13.8 Å². The van der Waals surface area contributed by atoms with Crippen molar-refractivity contribution >= 4 is 7.82 Å². The Labute approximate surface area is 76.0 Å². The first-order chi connectivity index (χ1) is 4.12. The van der Waals surface area contributed by atoms with Gasteiger partial charge in [0.1, 0.15) is 0 Å². The Balaban J connectivity index is 0. The molecule has 0 unspecified atom stereocenters. The molecule has 0 rings (SSSR count). The molecule has 0 radical (unpaired) electrons. The molecule has 0 aromatic carbocycles. The van der Waals surface area contributed by atoms with E-state index in [2.05, 4.69) is 9.05 Å². The Kier molecular flexibility index (Phi) is 8.81. The van der Waals surface area contributed by atoms with Gasteiger partial charge < -0.3 is 13.9 Å². The summed E-state index contributed by atoms with van der Waals surface area (Å²) in [4.78, 5) is 10.4. The Morgan fingerprint density at radius 1 is 1.30 bits per heavy atom. The Hall–Kier alpha value is 0.850. The molecule has 0 N–H and O–H groups in total. The molecule has 0 fully saturated rings. The van der Waals surface area contributed by atoms with Crippen molar-refractivity contribution in [3.8, 4) is 0 Å². The topological polar surface area (TPSA) is 58.6 Å². The second kappa shape index (κ2) is 6.55. The van der Waals surface area contributed by atoms with Gasteiger partial charge in [0.05, 0.1) is 13.2 Å². The molecule has 0 saturated carbocycles. The van der Waals surface area contributed by atoms with Crippen molar-refractivity contribution in [1.29, 1.82) is 0 Å². The van der Waals surface area contributed by atoms with Gasteiger partial charge in [-0.1, -0.05) is 0 Å². The Bertz CT molecular complexity index is 108. The summed E-state index contributed by atoms with van der Waals surface area (Å²) < 4.78 is 18.9. The largest absolute Gasteiger partial charge is 1.00 e. The van der Waals surface area contributed by atoms with E-state index in [-0.39, 0.29) is 35.6 Å². The minimum Gasteiger partial charge on any atom is -0.756 e. The minimum atomic E-state index is -3.94. The summed E-state index contributed by atoms with van der Waals surface area (Å²) >= 11 is 0. The molecule has 0 saturated heterocycles. The van der Waals surface area contributed by atoms with Gasteiger partial charge in [0.25, 0.3) is 7.82 Å². The third kappa shape index (κ3) is 6.96. The van der Waals surface area contributed by atoms with Crippen molar-refractivity contribution in [3.05, 3.63) is 0 Å². The summed E-state index contributed by atoms with van der Waals surface area (Å²) in [5.41, 5.74) is 0. The zero-order chi connectivity index (χ0) is 7.33. The molecule has 66 valence electrons. The standard InChI is InChI=1S/C4H11O4P.Ag/c1-3-7-9(5,6)8-4-2;/h3-4H2,1-2H3,(H,5,6);/q;+1/p-1. The van der Waals surface area contributed by atoms with Gasteiger partial charge >= 0.3 is 22.4 Å². The number of phosphoric acid groups is 1. The van der Waals surface area contributed by atoms with Crippen LogP contribution < -0.4 is 4.89 Å². The van der Waals surface area contributed by atoms with E-state index in [0.29, 0.717) is 0 Å². The predicted octanol–water partition coefficient (Wildman–Crippen LogP) is 0.525. The third-order valence-electron chi connectivity index (χ3n) is 0.574. The molecule has 6 heteroatoms. The molecule has 0 aliphatic heterocycles. The van der Waals surface area contributed by atoms with E-state index < -0.39 is 7.82 Å². The van der Waals surface area contributed by atoms with Crippen LogP contribution in [0, 0.1) is 0 Å². The maximum absolute atomic E-state index is 10.4. The van der Waals surface area contributed by atoms with Crippen LogP contribution in [0.3, 0.4) is 0 Å². The van der Waals surface area contributed by atoms with Crippen LogP contribution in [0.5, 0.6) is 0 Å². The maximum Gasteiger partial charge on any atom is 1.00 e. The number of hydrogen-bond donors (Lipinski definition) is 0. The molecule has 0 aromatic rings.